The second kappa shape index (κ2) is 9.21. The highest BCUT2D eigenvalue weighted by Crippen LogP contribution is 2.39. The van der Waals surface area contributed by atoms with Crippen molar-refractivity contribution in [1.29, 1.82) is 0 Å². The Hall–Kier alpha value is -3.60. The molecule has 0 spiro atoms. The third-order valence-corrected chi connectivity index (χ3v) is 7.80. The van der Waals surface area contributed by atoms with E-state index in [1.807, 2.05) is 0 Å². The van der Waals surface area contributed by atoms with Gasteiger partial charge in [0.15, 0.2) is 11.0 Å². The zero-order chi connectivity index (χ0) is 24.6. The summed E-state index contributed by atoms with van der Waals surface area (Å²) in [5.41, 5.74) is 5.24. The molecule has 3 heterocycles. The fourth-order valence-corrected chi connectivity index (χ4v) is 5.71. The van der Waals surface area contributed by atoms with E-state index in [4.69, 9.17) is 11.6 Å². The number of sulfonamides is 1. The number of nitrogens with zero attached hydrogens (tertiary/aromatic N) is 4. The number of anilines is 3. The molecule has 0 aliphatic heterocycles. The predicted octanol–water partition coefficient (Wildman–Crippen LogP) is 5.96. The topological polar surface area (TPSA) is 110 Å². The number of hydrogen-bond acceptors (Lipinski definition) is 8. The van der Waals surface area contributed by atoms with Crippen molar-refractivity contribution in [2.24, 2.45) is 0 Å². The van der Waals surface area contributed by atoms with Gasteiger partial charge >= 0.3 is 0 Å². The van der Waals surface area contributed by atoms with Crippen LogP contribution < -0.4 is 10.0 Å². The quantitative estimate of drug-likeness (QED) is 0.283. The fraction of sp³-hybridized carbons (Fsp3) is 0.0833. The molecule has 5 aromatic rings. The molecule has 0 bridgehead atoms. The van der Waals surface area contributed by atoms with Crippen LogP contribution in [0.1, 0.15) is 11.1 Å². The number of rotatable bonds is 6. The van der Waals surface area contributed by atoms with Gasteiger partial charge in [0.1, 0.15) is 17.0 Å². The molecule has 0 aliphatic rings. The monoisotopic (exact) mass is 522 g/mol. The molecule has 35 heavy (non-hydrogen) atoms. The molecule has 0 saturated heterocycles. The maximum absolute atomic E-state index is 12.7. The van der Waals surface area contributed by atoms with Crippen molar-refractivity contribution in [2.75, 3.05) is 10.0 Å². The summed E-state index contributed by atoms with van der Waals surface area (Å²) in [5.74, 6) is 0.729. The number of thiophene rings is 1. The first kappa shape index (κ1) is 23.2. The number of halogens is 1. The number of aromatic nitrogens is 4. The summed E-state index contributed by atoms with van der Waals surface area (Å²) in [5, 5.41) is 13.9. The predicted molar refractivity (Wildman–Crippen MR) is 140 cm³/mol. The Bertz CT molecular complexity index is 1640. The van der Waals surface area contributed by atoms with Crippen LogP contribution in [0, 0.1) is 13.8 Å². The van der Waals surface area contributed by atoms with Crippen molar-refractivity contribution in [1.82, 2.24) is 20.2 Å². The van der Waals surface area contributed by atoms with E-state index in [0.717, 1.165) is 21.3 Å². The summed E-state index contributed by atoms with van der Waals surface area (Å²) in [6.07, 6.45) is 1.52. The van der Waals surface area contributed by atoms with Crippen LogP contribution in [-0.4, -0.2) is 28.6 Å². The molecule has 0 aliphatic carbocycles. The minimum Gasteiger partial charge on any atom is -0.340 e. The van der Waals surface area contributed by atoms with Crippen LogP contribution in [-0.2, 0) is 10.0 Å². The Kier molecular flexibility index (Phi) is 6.10. The van der Waals surface area contributed by atoms with Gasteiger partial charge in [0.05, 0.1) is 10.3 Å². The van der Waals surface area contributed by atoms with Gasteiger partial charge in [0.25, 0.3) is 10.0 Å². The number of hydrogen-bond donors (Lipinski definition) is 2. The molecule has 11 heteroatoms. The van der Waals surface area contributed by atoms with Gasteiger partial charge < -0.3 is 5.32 Å². The Morgan fingerprint density at radius 3 is 2.43 bits per heavy atom. The number of fused-ring (bicyclic) bond motifs is 1. The highest BCUT2D eigenvalue weighted by molar-refractivity contribution is 7.92. The molecular weight excluding hydrogens is 504 g/mol. The Balaban J connectivity index is 1.44. The van der Waals surface area contributed by atoms with E-state index in [9.17, 15) is 8.42 Å². The fourth-order valence-electron chi connectivity index (χ4n) is 3.71. The van der Waals surface area contributed by atoms with Gasteiger partial charge in [-0.2, -0.15) is 0 Å². The number of aryl methyl sites for hydroxylation is 2. The Labute approximate surface area is 211 Å². The molecule has 2 N–H and O–H groups in total. The lowest BCUT2D eigenvalue weighted by Crippen LogP contribution is -2.14. The maximum atomic E-state index is 12.7. The molecule has 0 unspecified atom stereocenters. The molecule has 0 amide bonds. The summed E-state index contributed by atoms with van der Waals surface area (Å²) < 4.78 is 27.8. The molecule has 0 fully saturated rings. The maximum Gasteiger partial charge on any atom is 0.263 e. The summed E-state index contributed by atoms with van der Waals surface area (Å²) in [6.45, 7) is 4.16. The van der Waals surface area contributed by atoms with E-state index < -0.39 is 10.0 Å². The van der Waals surface area contributed by atoms with E-state index in [1.165, 1.54) is 41.7 Å². The Morgan fingerprint density at radius 1 is 0.914 bits per heavy atom. The van der Waals surface area contributed by atoms with Gasteiger partial charge in [0.2, 0.25) is 0 Å². The Morgan fingerprint density at radius 2 is 1.71 bits per heavy atom. The van der Waals surface area contributed by atoms with Crippen molar-refractivity contribution in [3.8, 4) is 11.1 Å². The SMILES string of the molecule is Cc1ccc(-c2csc3ncnc(Nc4ccc(S(=O)(=O)Nc5ccc(Cl)nn5)cc4)c23)c(C)c1. The van der Waals surface area contributed by atoms with Gasteiger partial charge in [-0.05, 0) is 61.4 Å². The smallest absolute Gasteiger partial charge is 0.263 e. The summed E-state index contributed by atoms with van der Waals surface area (Å²) in [7, 11) is -3.84. The standard InChI is InChI=1S/C24H19ClN6O2S2/c1-14-3-8-18(15(2)11-14)19-12-34-24-22(19)23(26-13-27-24)28-16-4-6-17(7-5-16)35(32,33)31-21-10-9-20(25)29-30-21/h3-13H,1-2H3,(H,30,31)(H,26,27,28). The zero-order valence-corrected chi connectivity index (χ0v) is 21.0. The van der Waals surface area contributed by atoms with E-state index >= 15 is 0 Å². The molecular formula is C24H19ClN6O2S2. The van der Waals surface area contributed by atoms with Crippen molar-refractivity contribution in [2.45, 2.75) is 18.7 Å². The van der Waals surface area contributed by atoms with Crippen LogP contribution in [0.4, 0.5) is 17.3 Å². The van der Waals surface area contributed by atoms with E-state index in [1.54, 1.807) is 23.5 Å². The average Bonchev–Trinajstić information content (AvgIpc) is 3.26. The summed E-state index contributed by atoms with van der Waals surface area (Å²) in [6, 6.07) is 15.6. The average molecular weight is 523 g/mol. The van der Waals surface area contributed by atoms with E-state index in [-0.39, 0.29) is 15.9 Å². The molecule has 8 nitrogen and oxygen atoms in total. The van der Waals surface area contributed by atoms with Gasteiger partial charge in [-0.3, -0.25) is 4.72 Å². The third kappa shape index (κ3) is 4.81. The van der Waals surface area contributed by atoms with Crippen molar-refractivity contribution in [3.63, 3.8) is 0 Å². The molecule has 0 radical (unpaired) electrons. The lowest BCUT2D eigenvalue weighted by molar-refractivity contribution is 0.601. The van der Waals surface area contributed by atoms with Crippen molar-refractivity contribution in [3.05, 3.63) is 82.6 Å². The summed E-state index contributed by atoms with van der Waals surface area (Å²) >= 11 is 7.26. The minimum absolute atomic E-state index is 0.0800. The van der Waals surface area contributed by atoms with Crippen molar-refractivity contribution < 1.29 is 8.42 Å². The first-order valence-electron chi connectivity index (χ1n) is 10.5. The second-order valence-corrected chi connectivity index (χ2v) is 10.8. The molecule has 3 aromatic heterocycles. The van der Waals surface area contributed by atoms with Crippen LogP contribution in [0.25, 0.3) is 21.3 Å². The normalized spacial score (nSPS) is 11.5. The van der Waals surface area contributed by atoms with Crippen molar-refractivity contribution >= 4 is 60.5 Å². The van der Waals surface area contributed by atoms with Crippen LogP contribution in [0.3, 0.4) is 0 Å². The van der Waals surface area contributed by atoms with Gasteiger partial charge in [-0.15, -0.1) is 21.5 Å². The first-order chi connectivity index (χ1) is 16.8. The third-order valence-electron chi connectivity index (χ3n) is 5.34. The van der Waals surface area contributed by atoms with Crippen LogP contribution >= 0.6 is 22.9 Å². The molecule has 0 saturated carbocycles. The molecule has 5 rings (SSSR count). The van der Waals surface area contributed by atoms with Crippen LogP contribution in [0.2, 0.25) is 5.15 Å². The van der Waals surface area contributed by atoms with Crippen LogP contribution in [0.5, 0.6) is 0 Å². The highest BCUT2D eigenvalue weighted by Gasteiger charge is 2.17. The molecule has 0 atom stereocenters. The number of nitrogens with one attached hydrogen (secondary N) is 2. The lowest BCUT2D eigenvalue weighted by atomic mass is 9.99. The van der Waals surface area contributed by atoms with Gasteiger partial charge in [-0.1, -0.05) is 35.4 Å². The van der Waals surface area contributed by atoms with Gasteiger partial charge in [0, 0.05) is 16.6 Å². The van der Waals surface area contributed by atoms with Crippen LogP contribution in [0.15, 0.2) is 71.2 Å². The highest BCUT2D eigenvalue weighted by atomic mass is 35.5. The second-order valence-electron chi connectivity index (χ2n) is 7.87. The summed E-state index contributed by atoms with van der Waals surface area (Å²) in [4.78, 5) is 9.85. The number of benzene rings is 2. The van der Waals surface area contributed by atoms with E-state index in [0.29, 0.717) is 11.5 Å². The lowest BCUT2D eigenvalue weighted by Gasteiger charge is -2.11. The molecule has 2 aromatic carbocycles. The molecule has 176 valence electrons. The van der Waals surface area contributed by atoms with Gasteiger partial charge in [-0.25, -0.2) is 18.4 Å². The minimum atomic E-state index is -3.84. The zero-order valence-electron chi connectivity index (χ0n) is 18.7. The largest absolute Gasteiger partial charge is 0.340 e. The first-order valence-corrected chi connectivity index (χ1v) is 13.2. The van der Waals surface area contributed by atoms with E-state index in [2.05, 4.69) is 67.6 Å².